The van der Waals surface area contributed by atoms with Crippen LogP contribution in [-0.4, -0.2) is 41.3 Å². The Bertz CT molecular complexity index is 770. The Morgan fingerprint density at radius 3 is 3.04 bits per heavy atom. The van der Waals surface area contributed by atoms with E-state index in [1.807, 2.05) is 5.38 Å². The highest BCUT2D eigenvalue weighted by molar-refractivity contribution is 7.13. The Morgan fingerprint density at radius 2 is 2.31 bits per heavy atom. The van der Waals surface area contributed by atoms with Gasteiger partial charge in [-0.1, -0.05) is 6.92 Å². The summed E-state index contributed by atoms with van der Waals surface area (Å²) in [6.45, 7) is 6.88. The number of likely N-dealkylation sites (tertiary alicyclic amines) is 1. The van der Waals surface area contributed by atoms with E-state index in [-0.39, 0.29) is 18.4 Å². The monoisotopic (exact) mass is 376 g/mol. The summed E-state index contributed by atoms with van der Waals surface area (Å²) in [4.78, 5) is 30.9. The molecule has 2 aromatic rings. The van der Waals surface area contributed by atoms with E-state index in [9.17, 15) is 9.59 Å². The second-order valence-electron chi connectivity index (χ2n) is 6.75. The fourth-order valence-electron chi connectivity index (χ4n) is 3.14. The molecule has 1 fully saturated rings. The normalized spacial score (nSPS) is 17.8. The number of nitrogens with one attached hydrogen (secondary N) is 2. The molecule has 0 spiro atoms. The second-order valence-corrected chi connectivity index (χ2v) is 7.61. The van der Waals surface area contributed by atoms with E-state index in [2.05, 4.69) is 27.4 Å². The van der Waals surface area contributed by atoms with Gasteiger partial charge in [0.15, 0.2) is 5.13 Å². The minimum absolute atomic E-state index is 0.109. The van der Waals surface area contributed by atoms with Crippen LogP contribution in [0.3, 0.4) is 0 Å². The van der Waals surface area contributed by atoms with Gasteiger partial charge in [0.1, 0.15) is 5.76 Å². The van der Waals surface area contributed by atoms with Crippen molar-refractivity contribution in [1.29, 1.82) is 0 Å². The maximum atomic E-state index is 12.0. The Hall–Kier alpha value is -2.19. The van der Waals surface area contributed by atoms with Gasteiger partial charge >= 0.3 is 0 Å². The van der Waals surface area contributed by atoms with Gasteiger partial charge in [-0.3, -0.25) is 14.5 Å². The zero-order chi connectivity index (χ0) is 18.5. The molecule has 0 bridgehead atoms. The first kappa shape index (κ1) is 18.6. The summed E-state index contributed by atoms with van der Waals surface area (Å²) in [5, 5.41) is 7.85. The highest BCUT2D eigenvalue weighted by Crippen LogP contribution is 2.20. The predicted octanol–water partition coefficient (Wildman–Crippen LogP) is 2.64. The Labute approximate surface area is 156 Å². The Kier molecular flexibility index (Phi) is 6.05. The molecule has 1 aliphatic heterocycles. The van der Waals surface area contributed by atoms with Crippen LogP contribution < -0.4 is 10.6 Å². The quantitative estimate of drug-likeness (QED) is 0.809. The smallest absolute Gasteiger partial charge is 0.255 e. The van der Waals surface area contributed by atoms with Gasteiger partial charge in [0.25, 0.3) is 5.91 Å². The van der Waals surface area contributed by atoms with Crippen LogP contribution in [0.25, 0.3) is 0 Å². The number of hydrogen-bond donors (Lipinski definition) is 2. The topological polar surface area (TPSA) is 87.5 Å². The van der Waals surface area contributed by atoms with E-state index < -0.39 is 0 Å². The van der Waals surface area contributed by atoms with E-state index in [4.69, 9.17) is 4.42 Å². The van der Waals surface area contributed by atoms with Crippen molar-refractivity contribution in [2.45, 2.75) is 33.2 Å². The first-order chi connectivity index (χ1) is 12.5. The van der Waals surface area contributed by atoms with Gasteiger partial charge in [-0.25, -0.2) is 4.98 Å². The molecule has 1 atom stereocenters. The largest absolute Gasteiger partial charge is 0.469 e. The molecule has 2 amide bonds. The molecule has 0 saturated carbocycles. The molecule has 1 saturated heterocycles. The maximum absolute atomic E-state index is 12.0. The van der Waals surface area contributed by atoms with Gasteiger partial charge in [-0.05, 0) is 38.3 Å². The van der Waals surface area contributed by atoms with Gasteiger partial charge in [0, 0.05) is 18.5 Å². The first-order valence-corrected chi connectivity index (χ1v) is 9.68. The van der Waals surface area contributed by atoms with Crippen LogP contribution in [-0.2, 0) is 11.3 Å². The molecule has 3 rings (SSSR count). The van der Waals surface area contributed by atoms with Gasteiger partial charge < -0.3 is 15.1 Å². The molecule has 0 aliphatic carbocycles. The van der Waals surface area contributed by atoms with Gasteiger partial charge in [0.2, 0.25) is 5.91 Å². The third kappa shape index (κ3) is 4.92. The summed E-state index contributed by atoms with van der Waals surface area (Å²) >= 11 is 1.40. The summed E-state index contributed by atoms with van der Waals surface area (Å²) in [6, 6.07) is 1.58. The molecular weight excluding hydrogens is 352 g/mol. The van der Waals surface area contributed by atoms with Gasteiger partial charge in [-0.2, -0.15) is 0 Å². The van der Waals surface area contributed by atoms with Crippen molar-refractivity contribution in [2.75, 3.05) is 25.0 Å². The zero-order valence-corrected chi connectivity index (χ0v) is 15.9. The number of amides is 2. The van der Waals surface area contributed by atoms with Crippen LogP contribution in [0, 0.1) is 12.8 Å². The molecule has 2 aromatic heterocycles. The van der Waals surface area contributed by atoms with Gasteiger partial charge in [-0.15, -0.1) is 11.3 Å². The second kappa shape index (κ2) is 8.46. The number of carbonyl (C=O) groups excluding carboxylic acids is 2. The third-order valence-electron chi connectivity index (χ3n) is 4.44. The van der Waals surface area contributed by atoms with Gasteiger partial charge in [0.05, 0.1) is 24.1 Å². The van der Waals surface area contributed by atoms with Crippen LogP contribution in [0.5, 0.6) is 0 Å². The number of nitrogens with zero attached hydrogens (tertiary/aromatic N) is 2. The molecule has 2 N–H and O–H groups in total. The summed E-state index contributed by atoms with van der Waals surface area (Å²) in [7, 11) is 0. The van der Waals surface area contributed by atoms with Crippen LogP contribution in [0.15, 0.2) is 22.1 Å². The van der Waals surface area contributed by atoms with E-state index >= 15 is 0 Å². The van der Waals surface area contributed by atoms with Crippen molar-refractivity contribution in [3.63, 3.8) is 0 Å². The Morgan fingerprint density at radius 1 is 1.46 bits per heavy atom. The highest BCUT2D eigenvalue weighted by Gasteiger charge is 2.18. The molecule has 7 nitrogen and oxygen atoms in total. The molecule has 0 radical (unpaired) electrons. The Balaban J connectivity index is 1.45. The van der Waals surface area contributed by atoms with E-state index in [1.165, 1.54) is 30.4 Å². The predicted molar refractivity (Wildman–Crippen MR) is 100 cm³/mol. The van der Waals surface area contributed by atoms with Crippen LogP contribution in [0.4, 0.5) is 5.13 Å². The standard InChI is InChI=1S/C18H24N4O3S/c1-12-4-3-6-22(9-12)10-14-11-26-18(20-14)21-16(23)8-19-17(24)15-5-7-25-13(15)2/h5,7,11-12H,3-4,6,8-10H2,1-2H3,(H,19,24)(H,20,21,23). The van der Waals surface area contributed by atoms with Crippen LogP contribution >= 0.6 is 11.3 Å². The number of aromatic nitrogens is 1. The number of anilines is 1. The fourth-order valence-corrected chi connectivity index (χ4v) is 3.85. The van der Waals surface area contributed by atoms with Crippen LogP contribution in [0.1, 0.15) is 41.6 Å². The SMILES string of the molecule is Cc1occc1C(=O)NCC(=O)Nc1nc(CN2CCCC(C)C2)cs1. The number of carbonyl (C=O) groups is 2. The minimum atomic E-state index is -0.328. The molecular formula is C18H24N4O3S. The summed E-state index contributed by atoms with van der Waals surface area (Å²) in [6.07, 6.45) is 3.97. The van der Waals surface area contributed by atoms with Crippen molar-refractivity contribution in [3.05, 3.63) is 34.7 Å². The first-order valence-electron chi connectivity index (χ1n) is 8.80. The summed E-state index contributed by atoms with van der Waals surface area (Å²) in [5.74, 6) is 0.626. The van der Waals surface area contributed by atoms with E-state index in [0.717, 1.165) is 31.2 Å². The lowest BCUT2D eigenvalue weighted by Gasteiger charge is -2.30. The average molecular weight is 376 g/mol. The van der Waals surface area contributed by atoms with Crippen molar-refractivity contribution in [3.8, 4) is 0 Å². The van der Waals surface area contributed by atoms with E-state index in [0.29, 0.717) is 16.5 Å². The van der Waals surface area contributed by atoms with Crippen LogP contribution in [0.2, 0.25) is 0 Å². The number of hydrogen-bond acceptors (Lipinski definition) is 6. The molecule has 140 valence electrons. The minimum Gasteiger partial charge on any atom is -0.469 e. The van der Waals surface area contributed by atoms with Crippen molar-refractivity contribution in [1.82, 2.24) is 15.2 Å². The van der Waals surface area contributed by atoms with Crippen molar-refractivity contribution >= 4 is 28.3 Å². The highest BCUT2D eigenvalue weighted by atomic mass is 32.1. The van der Waals surface area contributed by atoms with Crippen molar-refractivity contribution < 1.29 is 14.0 Å². The lowest BCUT2D eigenvalue weighted by atomic mass is 10.0. The molecule has 26 heavy (non-hydrogen) atoms. The number of thiazole rings is 1. The fraction of sp³-hybridized carbons (Fsp3) is 0.500. The lowest BCUT2D eigenvalue weighted by Crippen LogP contribution is -2.34. The van der Waals surface area contributed by atoms with Crippen molar-refractivity contribution in [2.24, 2.45) is 5.92 Å². The lowest BCUT2D eigenvalue weighted by molar-refractivity contribution is -0.115. The maximum Gasteiger partial charge on any atom is 0.255 e. The average Bonchev–Trinajstić information content (AvgIpc) is 3.21. The molecule has 0 aromatic carbocycles. The number of rotatable bonds is 6. The third-order valence-corrected chi connectivity index (χ3v) is 5.24. The molecule has 1 aliphatic rings. The zero-order valence-electron chi connectivity index (χ0n) is 15.1. The number of furan rings is 1. The number of piperidine rings is 1. The molecule has 3 heterocycles. The molecule has 8 heteroatoms. The summed E-state index contributed by atoms with van der Waals surface area (Å²) < 4.78 is 5.09. The number of aryl methyl sites for hydroxylation is 1. The molecule has 1 unspecified atom stereocenters. The van der Waals surface area contributed by atoms with E-state index in [1.54, 1.807) is 13.0 Å². The summed E-state index contributed by atoms with van der Waals surface area (Å²) in [5.41, 5.74) is 1.41.